The zero-order valence-electron chi connectivity index (χ0n) is 9.34. The average Bonchev–Trinajstić information content (AvgIpc) is 2.61. The van der Waals surface area contributed by atoms with Crippen LogP contribution in [0, 0.1) is 0 Å². The molecular formula is C12H14N2O2. The fourth-order valence-corrected chi connectivity index (χ4v) is 1.87. The molecule has 0 bridgehead atoms. The Morgan fingerprint density at radius 2 is 2.25 bits per heavy atom. The van der Waals surface area contributed by atoms with Gasteiger partial charge in [-0.1, -0.05) is 18.2 Å². The van der Waals surface area contributed by atoms with E-state index in [1.54, 1.807) is 6.20 Å². The second-order valence-corrected chi connectivity index (χ2v) is 4.11. The number of hydrogen-bond donors (Lipinski definition) is 1. The summed E-state index contributed by atoms with van der Waals surface area (Å²) in [5.41, 5.74) is 1.75. The molecule has 16 heavy (non-hydrogen) atoms. The largest absolute Gasteiger partial charge is 0.481 e. The number of aliphatic carboxylic acids is 1. The first-order chi connectivity index (χ1) is 7.59. The summed E-state index contributed by atoms with van der Waals surface area (Å²) < 4.78 is 1.87. The Labute approximate surface area is 93.5 Å². The third-order valence-electron chi connectivity index (χ3n) is 2.53. The first-order valence-electron chi connectivity index (χ1n) is 5.26. The number of hydrogen-bond acceptors (Lipinski definition) is 2. The fraction of sp³-hybridized carbons (Fsp3) is 0.333. The van der Waals surface area contributed by atoms with Gasteiger partial charge in [-0.15, -0.1) is 0 Å². The molecule has 0 atom stereocenters. The van der Waals surface area contributed by atoms with E-state index in [4.69, 9.17) is 5.11 Å². The summed E-state index contributed by atoms with van der Waals surface area (Å²) in [5.74, 6) is -0.816. The van der Waals surface area contributed by atoms with E-state index in [9.17, 15) is 4.79 Å². The van der Waals surface area contributed by atoms with Crippen LogP contribution < -0.4 is 0 Å². The molecular weight excluding hydrogens is 204 g/mol. The van der Waals surface area contributed by atoms with Crippen molar-refractivity contribution in [1.82, 2.24) is 9.78 Å². The molecule has 0 spiro atoms. The van der Waals surface area contributed by atoms with Crippen molar-refractivity contribution < 1.29 is 9.90 Å². The molecule has 2 aromatic rings. The smallest absolute Gasteiger partial charge is 0.307 e. The highest BCUT2D eigenvalue weighted by atomic mass is 16.4. The number of fused-ring (bicyclic) bond motifs is 1. The van der Waals surface area contributed by atoms with Crippen molar-refractivity contribution in [2.24, 2.45) is 0 Å². The first kappa shape index (κ1) is 10.7. The molecule has 0 aliphatic carbocycles. The van der Waals surface area contributed by atoms with E-state index in [1.165, 1.54) is 0 Å². The van der Waals surface area contributed by atoms with Crippen molar-refractivity contribution in [1.29, 1.82) is 0 Å². The summed E-state index contributed by atoms with van der Waals surface area (Å²) in [6.45, 7) is 4.06. The maximum atomic E-state index is 10.8. The number of carboxylic acids is 1. The summed E-state index contributed by atoms with van der Waals surface area (Å²) in [5, 5.41) is 14.1. The van der Waals surface area contributed by atoms with Crippen LogP contribution in [0.5, 0.6) is 0 Å². The van der Waals surface area contributed by atoms with Crippen LogP contribution in [0.2, 0.25) is 0 Å². The van der Waals surface area contributed by atoms with Crippen molar-refractivity contribution in [3.8, 4) is 0 Å². The van der Waals surface area contributed by atoms with Crippen LogP contribution in [0.4, 0.5) is 0 Å². The second-order valence-electron chi connectivity index (χ2n) is 4.11. The number of carbonyl (C=O) groups is 1. The Hall–Kier alpha value is -1.84. The van der Waals surface area contributed by atoms with Gasteiger partial charge in [-0.3, -0.25) is 9.48 Å². The van der Waals surface area contributed by atoms with Crippen LogP contribution in [0.1, 0.15) is 25.5 Å². The highest BCUT2D eigenvalue weighted by Crippen LogP contribution is 2.22. The number of rotatable bonds is 3. The lowest BCUT2D eigenvalue weighted by atomic mass is 10.1. The van der Waals surface area contributed by atoms with Crippen LogP contribution >= 0.6 is 0 Å². The molecule has 0 saturated heterocycles. The maximum absolute atomic E-state index is 10.8. The van der Waals surface area contributed by atoms with Gasteiger partial charge < -0.3 is 5.11 Å². The number of carboxylic acid groups (broad SMARTS) is 1. The maximum Gasteiger partial charge on any atom is 0.307 e. The van der Waals surface area contributed by atoms with Crippen LogP contribution in [-0.2, 0) is 11.2 Å². The van der Waals surface area contributed by atoms with Crippen LogP contribution in [0.3, 0.4) is 0 Å². The molecule has 1 aromatic carbocycles. The van der Waals surface area contributed by atoms with E-state index in [1.807, 2.05) is 36.7 Å². The van der Waals surface area contributed by atoms with E-state index in [0.717, 1.165) is 16.5 Å². The molecule has 1 heterocycles. The summed E-state index contributed by atoms with van der Waals surface area (Å²) in [4.78, 5) is 10.8. The van der Waals surface area contributed by atoms with Crippen LogP contribution in [0.25, 0.3) is 10.9 Å². The predicted molar refractivity (Wildman–Crippen MR) is 61.5 cm³/mol. The third kappa shape index (κ3) is 1.78. The standard InChI is InChI=1S/C12H14N2O2/c1-8(2)14-12-9(6-11(15)16)4-3-5-10(12)7-13-14/h3-5,7-8H,6H2,1-2H3,(H,15,16). The first-order valence-corrected chi connectivity index (χ1v) is 5.26. The Kier molecular flexibility index (Phi) is 2.64. The molecule has 0 aliphatic rings. The zero-order valence-corrected chi connectivity index (χ0v) is 9.34. The Morgan fingerprint density at radius 3 is 2.88 bits per heavy atom. The lowest BCUT2D eigenvalue weighted by molar-refractivity contribution is -0.136. The molecule has 0 amide bonds. The highest BCUT2D eigenvalue weighted by molar-refractivity contribution is 5.85. The molecule has 0 fully saturated rings. The van der Waals surface area contributed by atoms with Gasteiger partial charge in [0.05, 0.1) is 18.1 Å². The molecule has 0 unspecified atom stereocenters. The molecule has 0 radical (unpaired) electrons. The molecule has 4 nitrogen and oxygen atoms in total. The van der Waals surface area contributed by atoms with Crippen molar-refractivity contribution in [3.63, 3.8) is 0 Å². The summed E-state index contributed by atoms with van der Waals surface area (Å²) in [6.07, 6.45) is 1.82. The normalized spacial score (nSPS) is 11.2. The molecule has 1 N–H and O–H groups in total. The Morgan fingerprint density at radius 1 is 1.50 bits per heavy atom. The molecule has 2 rings (SSSR count). The van der Waals surface area contributed by atoms with Gasteiger partial charge in [-0.2, -0.15) is 5.10 Å². The minimum absolute atomic E-state index is 0.0375. The Balaban J connectivity index is 2.63. The van der Waals surface area contributed by atoms with Crippen molar-refractivity contribution in [2.45, 2.75) is 26.3 Å². The van der Waals surface area contributed by atoms with E-state index >= 15 is 0 Å². The number of benzene rings is 1. The van der Waals surface area contributed by atoms with E-state index < -0.39 is 5.97 Å². The van der Waals surface area contributed by atoms with Gasteiger partial charge in [0, 0.05) is 11.4 Å². The fourth-order valence-electron chi connectivity index (χ4n) is 1.87. The van der Waals surface area contributed by atoms with E-state index in [0.29, 0.717) is 0 Å². The quantitative estimate of drug-likeness (QED) is 0.859. The van der Waals surface area contributed by atoms with Gasteiger partial charge in [-0.05, 0) is 19.4 Å². The van der Waals surface area contributed by atoms with Gasteiger partial charge in [0.1, 0.15) is 0 Å². The average molecular weight is 218 g/mol. The number of aromatic nitrogens is 2. The summed E-state index contributed by atoms with van der Waals surface area (Å²) >= 11 is 0. The van der Waals surface area contributed by atoms with Gasteiger partial charge in [0.2, 0.25) is 0 Å². The van der Waals surface area contributed by atoms with E-state index in [2.05, 4.69) is 5.10 Å². The molecule has 0 saturated carbocycles. The molecule has 0 aliphatic heterocycles. The minimum Gasteiger partial charge on any atom is -0.481 e. The monoisotopic (exact) mass is 218 g/mol. The van der Waals surface area contributed by atoms with Gasteiger partial charge in [0.15, 0.2) is 0 Å². The van der Waals surface area contributed by atoms with Crippen molar-refractivity contribution in [3.05, 3.63) is 30.0 Å². The summed E-state index contributed by atoms with van der Waals surface area (Å²) in [7, 11) is 0. The van der Waals surface area contributed by atoms with Crippen molar-refractivity contribution in [2.75, 3.05) is 0 Å². The highest BCUT2D eigenvalue weighted by Gasteiger charge is 2.11. The van der Waals surface area contributed by atoms with E-state index in [-0.39, 0.29) is 12.5 Å². The predicted octanol–water partition coefficient (Wildman–Crippen LogP) is 2.24. The molecule has 4 heteroatoms. The SMILES string of the molecule is CC(C)n1ncc2cccc(CC(=O)O)c21. The van der Waals surface area contributed by atoms with Crippen LogP contribution in [-0.4, -0.2) is 20.9 Å². The molecule has 1 aromatic heterocycles. The zero-order chi connectivity index (χ0) is 11.7. The van der Waals surface area contributed by atoms with Crippen molar-refractivity contribution >= 4 is 16.9 Å². The lowest BCUT2D eigenvalue weighted by Crippen LogP contribution is -2.07. The van der Waals surface area contributed by atoms with Gasteiger partial charge in [-0.25, -0.2) is 0 Å². The second kappa shape index (κ2) is 3.96. The molecule has 84 valence electrons. The number of nitrogens with zero attached hydrogens (tertiary/aromatic N) is 2. The summed E-state index contributed by atoms with van der Waals surface area (Å²) in [6, 6.07) is 5.89. The third-order valence-corrected chi connectivity index (χ3v) is 2.53. The topological polar surface area (TPSA) is 55.1 Å². The lowest BCUT2D eigenvalue weighted by Gasteiger charge is -2.09. The van der Waals surface area contributed by atoms with Gasteiger partial charge >= 0.3 is 5.97 Å². The Bertz CT molecular complexity index is 529. The number of para-hydroxylation sites is 1. The van der Waals surface area contributed by atoms with Crippen LogP contribution in [0.15, 0.2) is 24.4 Å². The van der Waals surface area contributed by atoms with Gasteiger partial charge in [0.25, 0.3) is 0 Å². The minimum atomic E-state index is -0.816.